The predicted octanol–water partition coefficient (Wildman–Crippen LogP) is 4.31. The SMILES string of the molecule is CCCCOc1ccc(C(=O)Nc2ccc(C(C)C(=O)O)cc2)cc1OC. The Morgan fingerprint density at radius 3 is 2.41 bits per heavy atom. The lowest BCUT2D eigenvalue weighted by Gasteiger charge is -2.12. The zero-order chi connectivity index (χ0) is 19.8. The van der Waals surface area contributed by atoms with Gasteiger partial charge in [-0.05, 0) is 49.2 Å². The zero-order valence-corrected chi connectivity index (χ0v) is 15.8. The standard InChI is InChI=1S/C21H25NO5/c1-4-5-12-27-18-11-8-16(13-19(18)26-3)20(23)22-17-9-6-15(7-10-17)14(2)21(24)25/h6-11,13-14H,4-5,12H2,1-3H3,(H,22,23)(H,24,25). The van der Waals surface area contributed by atoms with Gasteiger partial charge in [-0.25, -0.2) is 0 Å². The van der Waals surface area contributed by atoms with Gasteiger partial charge in [0.15, 0.2) is 11.5 Å². The van der Waals surface area contributed by atoms with Gasteiger partial charge in [-0.1, -0.05) is 25.5 Å². The average Bonchev–Trinajstić information content (AvgIpc) is 2.68. The number of hydrogen-bond donors (Lipinski definition) is 2. The molecule has 0 saturated carbocycles. The number of ether oxygens (including phenoxy) is 2. The van der Waals surface area contributed by atoms with Crippen molar-refractivity contribution in [3.8, 4) is 11.5 Å². The molecule has 27 heavy (non-hydrogen) atoms. The summed E-state index contributed by atoms with van der Waals surface area (Å²) in [7, 11) is 1.53. The molecule has 0 radical (unpaired) electrons. The summed E-state index contributed by atoms with van der Waals surface area (Å²) in [5.41, 5.74) is 1.71. The molecular formula is C21H25NO5. The Kier molecular flexibility index (Phi) is 7.23. The lowest BCUT2D eigenvalue weighted by Crippen LogP contribution is -2.13. The van der Waals surface area contributed by atoms with E-state index < -0.39 is 11.9 Å². The quantitative estimate of drug-likeness (QED) is 0.642. The number of unbranched alkanes of at least 4 members (excludes halogenated alkanes) is 1. The van der Waals surface area contributed by atoms with Crippen molar-refractivity contribution in [3.63, 3.8) is 0 Å². The average molecular weight is 371 g/mol. The van der Waals surface area contributed by atoms with E-state index >= 15 is 0 Å². The van der Waals surface area contributed by atoms with Crippen molar-refractivity contribution < 1.29 is 24.2 Å². The zero-order valence-electron chi connectivity index (χ0n) is 15.8. The van der Waals surface area contributed by atoms with Gasteiger partial charge >= 0.3 is 5.97 Å². The van der Waals surface area contributed by atoms with Crippen LogP contribution in [0.2, 0.25) is 0 Å². The molecule has 2 aromatic carbocycles. The number of aliphatic carboxylic acids is 1. The Labute approximate surface area is 159 Å². The fourth-order valence-corrected chi connectivity index (χ4v) is 2.46. The van der Waals surface area contributed by atoms with Crippen molar-refractivity contribution in [2.24, 2.45) is 0 Å². The maximum Gasteiger partial charge on any atom is 0.310 e. The Morgan fingerprint density at radius 2 is 1.81 bits per heavy atom. The van der Waals surface area contributed by atoms with E-state index in [0.717, 1.165) is 12.8 Å². The Balaban J connectivity index is 2.08. The molecule has 0 fully saturated rings. The number of carboxylic acids is 1. The maximum atomic E-state index is 12.5. The molecule has 0 spiro atoms. The summed E-state index contributed by atoms with van der Waals surface area (Å²) in [5.74, 6) is -0.661. The van der Waals surface area contributed by atoms with Crippen molar-refractivity contribution in [2.75, 3.05) is 19.0 Å². The predicted molar refractivity (Wildman–Crippen MR) is 104 cm³/mol. The van der Waals surface area contributed by atoms with Gasteiger partial charge < -0.3 is 19.9 Å². The topological polar surface area (TPSA) is 84.9 Å². The molecule has 0 aliphatic carbocycles. The van der Waals surface area contributed by atoms with Crippen LogP contribution >= 0.6 is 0 Å². The Morgan fingerprint density at radius 1 is 1.11 bits per heavy atom. The molecular weight excluding hydrogens is 346 g/mol. The maximum absolute atomic E-state index is 12.5. The van der Waals surface area contributed by atoms with Gasteiger partial charge in [0.05, 0.1) is 19.6 Å². The van der Waals surface area contributed by atoms with Crippen LogP contribution in [0.1, 0.15) is 48.5 Å². The molecule has 0 aliphatic heterocycles. The number of amides is 1. The summed E-state index contributed by atoms with van der Waals surface area (Å²) in [6.07, 6.45) is 1.98. The van der Waals surface area contributed by atoms with Gasteiger partial charge in [0.25, 0.3) is 5.91 Å². The second-order valence-electron chi connectivity index (χ2n) is 6.20. The number of hydrogen-bond acceptors (Lipinski definition) is 4. The second-order valence-corrected chi connectivity index (χ2v) is 6.20. The number of anilines is 1. The van der Waals surface area contributed by atoms with E-state index in [1.54, 1.807) is 49.4 Å². The fraction of sp³-hybridized carbons (Fsp3) is 0.333. The van der Waals surface area contributed by atoms with Crippen LogP contribution in [-0.4, -0.2) is 30.7 Å². The van der Waals surface area contributed by atoms with Crippen LogP contribution in [-0.2, 0) is 4.79 Å². The number of benzene rings is 2. The molecule has 6 nitrogen and oxygen atoms in total. The van der Waals surface area contributed by atoms with Crippen molar-refractivity contribution in [2.45, 2.75) is 32.6 Å². The van der Waals surface area contributed by atoms with E-state index in [9.17, 15) is 9.59 Å². The van der Waals surface area contributed by atoms with Gasteiger partial charge in [-0.15, -0.1) is 0 Å². The second kappa shape index (κ2) is 9.62. The van der Waals surface area contributed by atoms with E-state index in [2.05, 4.69) is 12.2 Å². The first-order valence-corrected chi connectivity index (χ1v) is 8.91. The normalized spacial score (nSPS) is 11.5. The highest BCUT2D eigenvalue weighted by molar-refractivity contribution is 6.04. The van der Waals surface area contributed by atoms with Crippen LogP contribution in [0.3, 0.4) is 0 Å². The molecule has 0 bridgehead atoms. The van der Waals surface area contributed by atoms with Crippen molar-refractivity contribution >= 4 is 17.6 Å². The van der Waals surface area contributed by atoms with Gasteiger partial charge in [0.1, 0.15) is 0 Å². The number of methoxy groups -OCH3 is 1. The molecule has 0 aromatic heterocycles. The van der Waals surface area contributed by atoms with Gasteiger partial charge in [0, 0.05) is 11.3 Å². The number of carbonyl (C=O) groups is 2. The van der Waals surface area contributed by atoms with Crippen molar-refractivity contribution in [1.29, 1.82) is 0 Å². The van der Waals surface area contributed by atoms with Crippen LogP contribution in [0, 0.1) is 0 Å². The monoisotopic (exact) mass is 371 g/mol. The third-order valence-electron chi connectivity index (χ3n) is 4.22. The van der Waals surface area contributed by atoms with E-state index in [-0.39, 0.29) is 5.91 Å². The number of carbonyl (C=O) groups excluding carboxylic acids is 1. The lowest BCUT2D eigenvalue weighted by atomic mass is 10.0. The molecule has 2 rings (SSSR count). The summed E-state index contributed by atoms with van der Waals surface area (Å²) in [6.45, 7) is 4.30. The van der Waals surface area contributed by atoms with Crippen molar-refractivity contribution in [1.82, 2.24) is 0 Å². The van der Waals surface area contributed by atoms with Crippen LogP contribution in [0.15, 0.2) is 42.5 Å². The van der Waals surface area contributed by atoms with E-state index in [4.69, 9.17) is 14.6 Å². The third kappa shape index (κ3) is 5.48. The van der Waals surface area contributed by atoms with Gasteiger partial charge in [-0.2, -0.15) is 0 Å². The molecule has 0 heterocycles. The lowest BCUT2D eigenvalue weighted by molar-refractivity contribution is -0.138. The molecule has 1 amide bonds. The molecule has 6 heteroatoms. The molecule has 1 unspecified atom stereocenters. The summed E-state index contributed by atoms with van der Waals surface area (Å²) in [6, 6.07) is 11.8. The van der Waals surface area contributed by atoms with Gasteiger partial charge in [0.2, 0.25) is 0 Å². The summed E-state index contributed by atoms with van der Waals surface area (Å²) in [5, 5.41) is 11.8. The summed E-state index contributed by atoms with van der Waals surface area (Å²) >= 11 is 0. The van der Waals surface area contributed by atoms with Crippen LogP contribution in [0.5, 0.6) is 11.5 Å². The summed E-state index contributed by atoms with van der Waals surface area (Å²) in [4.78, 5) is 23.5. The molecule has 2 aromatic rings. The Hall–Kier alpha value is -3.02. The van der Waals surface area contributed by atoms with Crippen LogP contribution in [0.4, 0.5) is 5.69 Å². The molecule has 144 valence electrons. The highest BCUT2D eigenvalue weighted by Crippen LogP contribution is 2.28. The van der Waals surface area contributed by atoms with Crippen LogP contribution < -0.4 is 14.8 Å². The van der Waals surface area contributed by atoms with Gasteiger partial charge in [-0.3, -0.25) is 9.59 Å². The minimum Gasteiger partial charge on any atom is -0.493 e. The van der Waals surface area contributed by atoms with Crippen LogP contribution in [0.25, 0.3) is 0 Å². The van der Waals surface area contributed by atoms with Crippen molar-refractivity contribution in [3.05, 3.63) is 53.6 Å². The van der Waals surface area contributed by atoms with E-state index in [1.807, 2.05) is 0 Å². The number of carboxylic acid groups (broad SMARTS) is 1. The third-order valence-corrected chi connectivity index (χ3v) is 4.22. The molecule has 1 atom stereocenters. The largest absolute Gasteiger partial charge is 0.493 e. The highest BCUT2D eigenvalue weighted by atomic mass is 16.5. The first-order valence-electron chi connectivity index (χ1n) is 8.91. The molecule has 0 saturated heterocycles. The summed E-state index contributed by atoms with van der Waals surface area (Å²) < 4.78 is 11.0. The number of rotatable bonds is 9. The first kappa shape index (κ1) is 20.3. The fourth-order valence-electron chi connectivity index (χ4n) is 2.46. The first-order chi connectivity index (χ1) is 13.0. The minimum atomic E-state index is -0.889. The van der Waals surface area contributed by atoms with E-state index in [0.29, 0.717) is 34.9 Å². The smallest absolute Gasteiger partial charge is 0.310 e. The molecule has 2 N–H and O–H groups in total. The highest BCUT2D eigenvalue weighted by Gasteiger charge is 2.14. The number of nitrogens with one attached hydrogen (secondary N) is 1. The Bertz CT molecular complexity index is 786. The minimum absolute atomic E-state index is 0.285. The van der Waals surface area contributed by atoms with E-state index in [1.165, 1.54) is 7.11 Å². The molecule has 0 aliphatic rings.